The van der Waals surface area contributed by atoms with Crippen LogP contribution in [-0.2, 0) is 24.3 Å². The van der Waals surface area contributed by atoms with Gasteiger partial charge in [0.25, 0.3) is 0 Å². The molecule has 1 saturated heterocycles. The number of benzene rings is 1. The number of aliphatic hydroxyl groups excluding tert-OH is 1. The number of sulfonamides is 1. The third kappa shape index (κ3) is 7.06. The van der Waals surface area contributed by atoms with Crippen molar-refractivity contribution in [3.63, 3.8) is 0 Å². The zero-order valence-corrected chi connectivity index (χ0v) is 18.6. The van der Waals surface area contributed by atoms with E-state index in [0.29, 0.717) is 6.54 Å². The molecule has 11 heteroatoms. The predicted molar refractivity (Wildman–Crippen MR) is 115 cm³/mol. The second-order valence-electron chi connectivity index (χ2n) is 7.72. The quantitative estimate of drug-likeness (QED) is 0.325. The minimum Gasteiger partial charge on any atom is -0.394 e. The monoisotopic (exact) mass is 471 g/mol. The Bertz CT molecular complexity index is 891. The smallest absolute Gasteiger partial charge is 0.244 e. The highest BCUT2D eigenvalue weighted by Crippen LogP contribution is 2.19. The van der Waals surface area contributed by atoms with Crippen molar-refractivity contribution >= 4 is 15.9 Å². The Morgan fingerprint density at radius 1 is 1.22 bits per heavy atom. The van der Waals surface area contributed by atoms with Gasteiger partial charge in [0, 0.05) is 19.6 Å². The number of amides is 1. The first-order valence-corrected chi connectivity index (χ1v) is 12.2. The van der Waals surface area contributed by atoms with E-state index in [1.807, 2.05) is 0 Å². The van der Waals surface area contributed by atoms with Gasteiger partial charge in [0.15, 0.2) is 0 Å². The second-order valence-corrected chi connectivity index (χ2v) is 9.40. The van der Waals surface area contributed by atoms with E-state index in [1.165, 1.54) is 18.2 Å². The molecule has 3 atom stereocenters. The second kappa shape index (κ2) is 11.8. The SMILES string of the molecule is O=C(C[C@@H]1C=C[C@@H](NS(=O)(=O)c2ccccc2F)[C@@H](CO)O1)NCCCN1CCOCC1. The van der Waals surface area contributed by atoms with Crippen molar-refractivity contribution in [1.29, 1.82) is 0 Å². The van der Waals surface area contributed by atoms with Gasteiger partial charge in [-0.1, -0.05) is 24.3 Å². The van der Waals surface area contributed by atoms with Gasteiger partial charge in [-0.2, -0.15) is 0 Å². The Balaban J connectivity index is 1.47. The number of morpholine rings is 1. The first-order valence-electron chi connectivity index (χ1n) is 10.7. The van der Waals surface area contributed by atoms with Crippen molar-refractivity contribution in [3.05, 3.63) is 42.2 Å². The molecule has 3 rings (SSSR count). The van der Waals surface area contributed by atoms with Gasteiger partial charge in [-0.25, -0.2) is 17.5 Å². The highest BCUT2D eigenvalue weighted by atomic mass is 32.2. The molecular formula is C21H30FN3O6S. The Morgan fingerprint density at radius 2 is 1.97 bits per heavy atom. The lowest BCUT2D eigenvalue weighted by atomic mass is 10.1. The van der Waals surface area contributed by atoms with Gasteiger partial charge >= 0.3 is 0 Å². The molecule has 32 heavy (non-hydrogen) atoms. The Hall–Kier alpha value is -1.89. The van der Waals surface area contributed by atoms with Crippen LogP contribution in [0.5, 0.6) is 0 Å². The van der Waals surface area contributed by atoms with Crippen LogP contribution in [0, 0.1) is 5.82 Å². The van der Waals surface area contributed by atoms with Crippen molar-refractivity contribution in [1.82, 2.24) is 14.9 Å². The summed E-state index contributed by atoms with van der Waals surface area (Å²) in [6, 6.07) is 4.14. The Labute approximate surface area is 187 Å². The highest BCUT2D eigenvalue weighted by Gasteiger charge is 2.32. The van der Waals surface area contributed by atoms with Crippen molar-refractivity contribution in [2.24, 2.45) is 0 Å². The van der Waals surface area contributed by atoms with Crippen LogP contribution in [0.4, 0.5) is 4.39 Å². The maximum absolute atomic E-state index is 13.9. The molecule has 0 aromatic heterocycles. The molecule has 2 aliphatic rings. The number of carbonyl (C=O) groups excluding carboxylic acids is 1. The molecule has 1 aromatic carbocycles. The molecule has 0 bridgehead atoms. The van der Waals surface area contributed by atoms with E-state index in [0.717, 1.165) is 51.4 Å². The van der Waals surface area contributed by atoms with Crippen LogP contribution in [0.25, 0.3) is 0 Å². The average molecular weight is 472 g/mol. The van der Waals surface area contributed by atoms with E-state index >= 15 is 0 Å². The van der Waals surface area contributed by atoms with Crippen molar-refractivity contribution < 1.29 is 32.2 Å². The van der Waals surface area contributed by atoms with E-state index in [1.54, 1.807) is 6.08 Å². The zero-order chi connectivity index (χ0) is 23.0. The number of aliphatic hydroxyl groups is 1. The maximum atomic E-state index is 13.9. The lowest BCUT2D eigenvalue weighted by Crippen LogP contribution is -2.49. The van der Waals surface area contributed by atoms with E-state index in [4.69, 9.17) is 9.47 Å². The van der Waals surface area contributed by atoms with Crippen molar-refractivity contribution in [2.45, 2.75) is 36.0 Å². The number of rotatable bonds is 10. The summed E-state index contributed by atoms with van der Waals surface area (Å²) in [5.41, 5.74) is 0. The van der Waals surface area contributed by atoms with Gasteiger partial charge in [0.1, 0.15) is 16.8 Å². The molecule has 0 spiro atoms. The van der Waals surface area contributed by atoms with E-state index in [2.05, 4.69) is 14.9 Å². The number of hydrogen-bond acceptors (Lipinski definition) is 7. The summed E-state index contributed by atoms with van der Waals surface area (Å²) >= 11 is 0. The summed E-state index contributed by atoms with van der Waals surface area (Å²) in [6.07, 6.45) is 2.48. The normalized spacial score (nSPS) is 24.4. The molecule has 2 heterocycles. The average Bonchev–Trinajstić information content (AvgIpc) is 2.78. The molecule has 0 unspecified atom stereocenters. The molecule has 1 aromatic rings. The fraction of sp³-hybridized carbons (Fsp3) is 0.571. The van der Waals surface area contributed by atoms with Gasteiger partial charge in [0.2, 0.25) is 15.9 Å². The molecule has 2 aliphatic heterocycles. The number of halogens is 1. The largest absolute Gasteiger partial charge is 0.394 e. The van der Waals surface area contributed by atoms with Gasteiger partial charge in [-0.05, 0) is 25.1 Å². The Morgan fingerprint density at radius 3 is 2.69 bits per heavy atom. The number of nitrogens with zero attached hydrogens (tertiary/aromatic N) is 1. The van der Waals surface area contributed by atoms with Crippen LogP contribution in [0.2, 0.25) is 0 Å². The fourth-order valence-corrected chi connectivity index (χ4v) is 4.92. The third-order valence-electron chi connectivity index (χ3n) is 5.34. The molecule has 9 nitrogen and oxygen atoms in total. The molecular weight excluding hydrogens is 441 g/mol. The van der Waals surface area contributed by atoms with E-state index in [-0.39, 0.29) is 12.3 Å². The number of hydrogen-bond donors (Lipinski definition) is 3. The van der Waals surface area contributed by atoms with Crippen LogP contribution in [0.3, 0.4) is 0 Å². The molecule has 0 saturated carbocycles. The number of nitrogens with one attached hydrogen (secondary N) is 2. The van der Waals surface area contributed by atoms with Crippen LogP contribution in [-0.4, -0.2) is 88.6 Å². The molecule has 1 amide bonds. The molecule has 1 fully saturated rings. The minimum absolute atomic E-state index is 0.0529. The lowest BCUT2D eigenvalue weighted by molar-refractivity contribution is -0.125. The third-order valence-corrected chi connectivity index (χ3v) is 6.84. The van der Waals surface area contributed by atoms with Gasteiger partial charge in [-0.15, -0.1) is 0 Å². The first kappa shape index (κ1) is 24.7. The summed E-state index contributed by atoms with van der Waals surface area (Å²) in [4.78, 5) is 14.0. The minimum atomic E-state index is -4.16. The predicted octanol–water partition coefficient (Wildman–Crippen LogP) is 0.0171. The topological polar surface area (TPSA) is 117 Å². The number of ether oxygens (including phenoxy) is 2. The van der Waals surface area contributed by atoms with Crippen molar-refractivity contribution in [3.8, 4) is 0 Å². The van der Waals surface area contributed by atoms with Crippen molar-refractivity contribution in [2.75, 3.05) is 46.0 Å². The lowest BCUT2D eigenvalue weighted by Gasteiger charge is -2.31. The summed E-state index contributed by atoms with van der Waals surface area (Å²) in [6.45, 7) is 4.24. The standard InChI is InChI=1S/C21H30FN3O6S/c22-17-4-1-2-5-20(17)32(28,29)24-18-7-6-16(31-19(18)15-26)14-21(27)23-8-3-9-25-10-12-30-13-11-25/h1-2,4-7,16,18-19,24,26H,3,8-15H2,(H,23,27)/t16-,18+,19+/m0/s1. The van der Waals surface area contributed by atoms with Gasteiger partial charge < -0.3 is 19.9 Å². The highest BCUT2D eigenvalue weighted by molar-refractivity contribution is 7.89. The fourth-order valence-electron chi connectivity index (χ4n) is 3.63. The van der Waals surface area contributed by atoms with Gasteiger partial charge in [0.05, 0.1) is 38.4 Å². The summed E-state index contributed by atoms with van der Waals surface area (Å²) in [5, 5.41) is 12.5. The molecule has 3 N–H and O–H groups in total. The summed E-state index contributed by atoms with van der Waals surface area (Å²) in [7, 11) is -4.16. The maximum Gasteiger partial charge on any atom is 0.244 e. The summed E-state index contributed by atoms with van der Waals surface area (Å²) < 4.78 is 52.2. The number of carbonyl (C=O) groups is 1. The van der Waals surface area contributed by atoms with Crippen LogP contribution >= 0.6 is 0 Å². The van der Waals surface area contributed by atoms with Crippen LogP contribution in [0.15, 0.2) is 41.3 Å². The first-order chi connectivity index (χ1) is 15.4. The summed E-state index contributed by atoms with van der Waals surface area (Å²) in [5.74, 6) is -1.06. The van der Waals surface area contributed by atoms with Crippen LogP contribution in [0.1, 0.15) is 12.8 Å². The zero-order valence-electron chi connectivity index (χ0n) is 17.8. The van der Waals surface area contributed by atoms with E-state index < -0.39 is 45.6 Å². The molecule has 0 aliphatic carbocycles. The van der Waals surface area contributed by atoms with Crippen LogP contribution < -0.4 is 10.0 Å². The van der Waals surface area contributed by atoms with Gasteiger partial charge in [-0.3, -0.25) is 9.69 Å². The Kier molecular flexibility index (Phi) is 9.14. The molecule has 0 radical (unpaired) electrons. The molecule has 178 valence electrons. The van der Waals surface area contributed by atoms with E-state index in [9.17, 15) is 22.7 Å².